The van der Waals surface area contributed by atoms with E-state index in [1.165, 1.54) is 6.07 Å². The van der Waals surface area contributed by atoms with Crippen molar-refractivity contribution in [1.29, 1.82) is 0 Å². The van der Waals surface area contributed by atoms with Crippen molar-refractivity contribution in [3.05, 3.63) is 28.2 Å². The van der Waals surface area contributed by atoms with E-state index < -0.39 is 6.03 Å². The van der Waals surface area contributed by atoms with E-state index in [1.54, 1.807) is 19.1 Å². The van der Waals surface area contributed by atoms with Gasteiger partial charge in [-0.3, -0.25) is 0 Å². The van der Waals surface area contributed by atoms with Gasteiger partial charge in [0.2, 0.25) is 0 Å². The molecule has 6 heteroatoms. The molecule has 0 aliphatic heterocycles. The van der Waals surface area contributed by atoms with Gasteiger partial charge in [0.05, 0.1) is 5.71 Å². The SMILES string of the molecule is C/C(=N\NC(N)=O)c1cc(Br)ccc1O. The molecule has 0 atom stereocenters. The lowest BCUT2D eigenvalue weighted by atomic mass is 10.1. The molecule has 0 aromatic heterocycles. The Morgan fingerprint density at radius 1 is 1.60 bits per heavy atom. The van der Waals surface area contributed by atoms with Gasteiger partial charge in [0.25, 0.3) is 0 Å². The zero-order chi connectivity index (χ0) is 11.4. The Hall–Kier alpha value is -1.56. The van der Waals surface area contributed by atoms with Gasteiger partial charge in [-0.1, -0.05) is 15.9 Å². The maximum absolute atomic E-state index is 10.4. The molecule has 2 amide bonds. The van der Waals surface area contributed by atoms with Crippen LogP contribution >= 0.6 is 15.9 Å². The summed E-state index contributed by atoms with van der Waals surface area (Å²) in [6.07, 6.45) is 0. The number of halogens is 1. The molecule has 4 N–H and O–H groups in total. The van der Waals surface area contributed by atoms with Crippen LogP contribution < -0.4 is 11.2 Å². The fourth-order valence-electron chi connectivity index (χ4n) is 0.997. The van der Waals surface area contributed by atoms with Crippen LogP contribution in [-0.4, -0.2) is 16.8 Å². The summed E-state index contributed by atoms with van der Waals surface area (Å²) in [7, 11) is 0. The number of nitrogens with zero attached hydrogens (tertiary/aromatic N) is 1. The number of carbonyl (C=O) groups excluding carboxylic acids is 1. The number of phenols is 1. The number of urea groups is 1. The predicted molar refractivity (Wildman–Crippen MR) is 60.7 cm³/mol. The van der Waals surface area contributed by atoms with Crippen LogP contribution in [0.4, 0.5) is 4.79 Å². The molecule has 0 bridgehead atoms. The number of hydrogen-bond donors (Lipinski definition) is 3. The summed E-state index contributed by atoms with van der Waals surface area (Å²) in [5, 5.41) is 13.2. The first-order valence-corrected chi connectivity index (χ1v) is 4.88. The van der Waals surface area contributed by atoms with E-state index in [2.05, 4.69) is 26.5 Å². The number of aromatic hydroxyl groups is 1. The number of rotatable bonds is 2. The number of benzene rings is 1. The van der Waals surface area contributed by atoms with E-state index in [1.807, 2.05) is 0 Å². The Balaban J connectivity index is 2.99. The minimum atomic E-state index is -0.746. The second-order valence-corrected chi connectivity index (χ2v) is 3.75. The minimum absolute atomic E-state index is 0.0886. The van der Waals surface area contributed by atoms with Crippen molar-refractivity contribution in [2.24, 2.45) is 10.8 Å². The topological polar surface area (TPSA) is 87.7 Å². The molecule has 15 heavy (non-hydrogen) atoms. The Kier molecular flexibility index (Phi) is 3.68. The summed E-state index contributed by atoms with van der Waals surface area (Å²) in [6.45, 7) is 1.65. The Morgan fingerprint density at radius 3 is 2.87 bits per heavy atom. The molecule has 5 nitrogen and oxygen atoms in total. The van der Waals surface area contributed by atoms with Gasteiger partial charge >= 0.3 is 6.03 Å². The standard InChI is InChI=1S/C9H10BrN3O2/c1-5(12-13-9(11)15)7-4-6(10)2-3-8(7)14/h2-4,14H,1H3,(H3,11,13,15)/b12-5+. The molecular formula is C9H10BrN3O2. The van der Waals surface area contributed by atoms with Crippen LogP contribution in [0.1, 0.15) is 12.5 Å². The van der Waals surface area contributed by atoms with Gasteiger partial charge in [-0.05, 0) is 25.1 Å². The summed E-state index contributed by atoms with van der Waals surface area (Å²) >= 11 is 3.27. The molecule has 0 saturated heterocycles. The molecule has 0 unspecified atom stereocenters. The molecule has 0 saturated carbocycles. The van der Waals surface area contributed by atoms with Gasteiger partial charge in [0.1, 0.15) is 5.75 Å². The average molecular weight is 272 g/mol. The number of amides is 2. The summed E-state index contributed by atoms with van der Waals surface area (Å²) in [5.41, 5.74) is 7.94. The molecule has 0 aliphatic rings. The summed E-state index contributed by atoms with van der Waals surface area (Å²) < 4.78 is 0.809. The smallest absolute Gasteiger partial charge is 0.332 e. The number of nitrogens with one attached hydrogen (secondary N) is 1. The lowest BCUT2D eigenvalue weighted by Gasteiger charge is -2.04. The zero-order valence-electron chi connectivity index (χ0n) is 7.99. The Labute approximate surface area is 95.1 Å². The quantitative estimate of drug-likeness (QED) is 0.563. The number of hydrogen-bond acceptors (Lipinski definition) is 3. The molecule has 1 aromatic carbocycles. The van der Waals surface area contributed by atoms with E-state index in [0.29, 0.717) is 11.3 Å². The van der Waals surface area contributed by atoms with E-state index >= 15 is 0 Å². The first-order valence-electron chi connectivity index (χ1n) is 4.09. The van der Waals surface area contributed by atoms with Crippen LogP contribution in [0.5, 0.6) is 5.75 Å². The van der Waals surface area contributed by atoms with E-state index in [-0.39, 0.29) is 5.75 Å². The first-order chi connectivity index (χ1) is 7.00. The maximum Gasteiger partial charge on any atom is 0.332 e. The third kappa shape index (κ3) is 3.25. The van der Waals surface area contributed by atoms with E-state index in [9.17, 15) is 9.90 Å². The minimum Gasteiger partial charge on any atom is -0.507 e. The van der Waals surface area contributed by atoms with Gasteiger partial charge in [0, 0.05) is 10.0 Å². The molecule has 1 rings (SSSR count). The summed E-state index contributed by atoms with van der Waals surface area (Å²) in [5.74, 6) is 0.0886. The van der Waals surface area contributed by atoms with Crippen molar-refractivity contribution in [2.75, 3.05) is 0 Å². The molecule has 0 spiro atoms. The van der Waals surface area contributed by atoms with Crippen LogP contribution in [0, 0.1) is 0 Å². The van der Waals surface area contributed by atoms with Crippen LogP contribution in [0.2, 0.25) is 0 Å². The van der Waals surface area contributed by atoms with Gasteiger partial charge in [-0.15, -0.1) is 0 Å². The van der Waals surface area contributed by atoms with Crippen molar-refractivity contribution in [3.63, 3.8) is 0 Å². The van der Waals surface area contributed by atoms with Crippen LogP contribution in [0.25, 0.3) is 0 Å². The number of nitrogens with two attached hydrogens (primary N) is 1. The number of primary amides is 1. The lowest BCUT2D eigenvalue weighted by Crippen LogP contribution is -2.25. The number of carbonyl (C=O) groups is 1. The molecule has 80 valence electrons. The molecule has 0 aliphatic carbocycles. The molecule has 0 fully saturated rings. The van der Waals surface area contributed by atoms with Gasteiger partial charge in [0.15, 0.2) is 0 Å². The zero-order valence-corrected chi connectivity index (χ0v) is 9.58. The van der Waals surface area contributed by atoms with Gasteiger partial charge in [-0.2, -0.15) is 5.10 Å². The van der Waals surface area contributed by atoms with E-state index in [0.717, 1.165) is 4.47 Å². The molecule has 0 radical (unpaired) electrons. The largest absolute Gasteiger partial charge is 0.507 e. The molecule has 1 aromatic rings. The second-order valence-electron chi connectivity index (χ2n) is 2.83. The number of hydrazone groups is 1. The fourth-order valence-corrected chi connectivity index (χ4v) is 1.36. The Bertz CT molecular complexity index is 418. The Morgan fingerprint density at radius 2 is 2.27 bits per heavy atom. The van der Waals surface area contributed by atoms with E-state index in [4.69, 9.17) is 5.73 Å². The van der Waals surface area contributed by atoms with Gasteiger partial charge < -0.3 is 10.8 Å². The highest BCUT2D eigenvalue weighted by Gasteiger charge is 2.05. The highest BCUT2D eigenvalue weighted by atomic mass is 79.9. The first kappa shape index (κ1) is 11.5. The van der Waals surface area contributed by atoms with Crippen molar-refractivity contribution >= 4 is 27.7 Å². The maximum atomic E-state index is 10.4. The van der Waals surface area contributed by atoms with Crippen LogP contribution in [-0.2, 0) is 0 Å². The van der Waals surface area contributed by atoms with Gasteiger partial charge in [-0.25, -0.2) is 10.2 Å². The highest BCUT2D eigenvalue weighted by molar-refractivity contribution is 9.10. The van der Waals surface area contributed by atoms with Crippen LogP contribution in [0.15, 0.2) is 27.8 Å². The molecular weight excluding hydrogens is 262 g/mol. The van der Waals surface area contributed by atoms with Crippen molar-refractivity contribution < 1.29 is 9.90 Å². The fraction of sp³-hybridized carbons (Fsp3) is 0.111. The monoisotopic (exact) mass is 271 g/mol. The highest BCUT2D eigenvalue weighted by Crippen LogP contribution is 2.22. The summed E-state index contributed by atoms with van der Waals surface area (Å²) in [6, 6.07) is 4.18. The third-order valence-electron chi connectivity index (χ3n) is 1.68. The van der Waals surface area contributed by atoms with Crippen LogP contribution in [0.3, 0.4) is 0 Å². The van der Waals surface area contributed by atoms with Crippen molar-refractivity contribution in [1.82, 2.24) is 5.43 Å². The second kappa shape index (κ2) is 4.79. The lowest BCUT2D eigenvalue weighted by molar-refractivity contribution is 0.249. The van der Waals surface area contributed by atoms with Crippen molar-refractivity contribution in [3.8, 4) is 5.75 Å². The average Bonchev–Trinajstić information content (AvgIpc) is 2.18. The predicted octanol–water partition coefficient (Wildman–Crippen LogP) is 1.55. The molecule has 0 heterocycles. The van der Waals surface area contributed by atoms with Crippen molar-refractivity contribution in [2.45, 2.75) is 6.92 Å². The normalized spacial score (nSPS) is 11.2. The number of phenolic OH excluding ortho intramolecular Hbond substituents is 1. The summed E-state index contributed by atoms with van der Waals surface area (Å²) in [4.78, 5) is 10.4. The third-order valence-corrected chi connectivity index (χ3v) is 2.18.